The van der Waals surface area contributed by atoms with Crippen LogP contribution in [0.5, 0.6) is 0 Å². The summed E-state index contributed by atoms with van der Waals surface area (Å²) < 4.78 is 2.80. The van der Waals surface area contributed by atoms with Crippen molar-refractivity contribution in [1.82, 2.24) is 24.5 Å². The molecule has 0 saturated carbocycles. The Bertz CT molecular complexity index is 870. The van der Waals surface area contributed by atoms with Crippen molar-refractivity contribution in [3.63, 3.8) is 0 Å². The number of nitrogens with zero attached hydrogens (tertiary/aromatic N) is 6. The molecular weight excluding hydrogens is 302 g/mol. The summed E-state index contributed by atoms with van der Waals surface area (Å²) >= 11 is 0. The van der Waals surface area contributed by atoms with Gasteiger partial charge in [0, 0.05) is 24.9 Å². The van der Waals surface area contributed by atoms with E-state index in [0.29, 0.717) is 5.69 Å². The topological polar surface area (TPSA) is 121 Å². The summed E-state index contributed by atoms with van der Waals surface area (Å²) in [4.78, 5) is 26.6. The van der Waals surface area contributed by atoms with Crippen molar-refractivity contribution < 1.29 is 9.72 Å². The summed E-state index contributed by atoms with van der Waals surface area (Å²) in [5.74, 6) is -0.466. The molecule has 3 rings (SSSR count). The second-order valence-corrected chi connectivity index (χ2v) is 4.66. The third-order valence-electron chi connectivity index (χ3n) is 3.06. The fourth-order valence-electron chi connectivity index (χ4n) is 2.03. The largest absolute Gasteiger partial charge is 0.319 e. The highest BCUT2D eigenvalue weighted by molar-refractivity contribution is 6.04. The molecule has 0 spiro atoms. The number of aromatic nitrogens is 5. The molecule has 0 unspecified atom stereocenters. The van der Waals surface area contributed by atoms with Crippen LogP contribution in [0, 0.1) is 10.1 Å². The third-order valence-corrected chi connectivity index (χ3v) is 3.06. The molecule has 0 radical (unpaired) electrons. The molecule has 1 aromatic carbocycles. The van der Waals surface area contributed by atoms with E-state index in [-0.39, 0.29) is 16.9 Å². The molecular formula is C13H11N7O3. The molecule has 0 aliphatic heterocycles. The van der Waals surface area contributed by atoms with Crippen LogP contribution < -0.4 is 5.32 Å². The van der Waals surface area contributed by atoms with E-state index in [1.54, 1.807) is 13.2 Å². The van der Waals surface area contributed by atoms with Gasteiger partial charge in [-0.3, -0.25) is 19.6 Å². The zero-order valence-electron chi connectivity index (χ0n) is 11.9. The fourth-order valence-corrected chi connectivity index (χ4v) is 2.03. The number of anilines is 1. The summed E-state index contributed by atoms with van der Waals surface area (Å²) in [7, 11) is 1.72. The lowest BCUT2D eigenvalue weighted by molar-refractivity contribution is -0.384. The first-order valence-electron chi connectivity index (χ1n) is 6.48. The zero-order chi connectivity index (χ0) is 16.4. The minimum atomic E-state index is -0.572. The van der Waals surface area contributed by atoms with Gasteiger partial charge in [-0.2, -0.15) is 10.2 Å². The van der Waals surface area contributed by atoms with Gasteiger partial charge in [0.1, 0.15) is 18.3 Å². The van der Waals surface area contributed by atoms with Gasteiger partial charge in [-0.05, 0) is 12.1 Å². The van der Waals surface area contributed by atoms with E-state index in [4.69, 9.17) is 0 Å². The number of nitrogens with one attached hydrogen (secondary N) is 1. The van der Waals surface area contributed by atoms with Crippen LogP contribution in [0.4, 0.5) is 11.4 Å². The number of hydrogen-bond acceptors (Lipinski definition) is 6. The monoisotopic (exact) mass is 313 g/mol. The maximum absolute atomic E-state index is 12.2. The van der Waals surface area contributed by atoms with Crippen LogP contribution in [0.15, 0.2) is 43.2 Å². The van der Waals surface area contributed by atoms with Crippen molar-refractivity contribution >= 4 is 17.3 Å². The molecule has 2 aromatic heterocycles. The minimum Gasteiger partial charge on any atom is -0.319 e. The van der Waals surface area contributed by atoms with Gasteiger partial charge in [-0.15, -0.1) is 0 Å². The van der Waals surface area contributed by atoms with Crippen LogP contribution in [-0.4, -0.2) is 35.4 Å². The highest BCUT2D eigenvalue weighted by atomic mass is 16.6. The van der Waals surface area contributed by atoms with Gasteiger partial charge in [0.05, 0.1) is 16.8 Å². The molecule has 116 valence electrons. The summed E-state index contributed by atoms with van der Waals surface area (Å²) in [6.45, 7) is 0. The van der Waals surface area contributed by atoms with E-state index < -0.39 is 10.8 Å². The predicted octanol–water partition coefficient (Wildman–Crippen LogP) is 1.16. The summed E-state index contributed by atoms with van der Waals surface area (Å²) in [6, 6.07) is 4.13. The van der Waals surface area contributed by atoms with Crippen LogP contribution in [0.1, 0.15) is 10.4 Å². The average molecular weight is 313 g/mol. The summed E-state index contributed by atoms with van der Waals surface area (Å²) in [5.41, 5.74) is 0.643. The van der Waals surface area contributed by atoms with E-state index in [0.717, 1.165) is 0 Å². The van der Waals surface area contributed by atoms with Crippen LogP contribution >= 0.6 is 0 Å². The highest BCUT2D eigenvalue weighted by Crippen LogP contribution is 2.24. The Morgan fingerprint density at radius 1 is 1.35 bits per heavy atom. The number of carbonyl (C=O) groups is 1. The molecule has 0 atom stereocenters. The van der Waals surface area contributed by atoms with Crippen molar-refractivity contribution in [1.29, 1.82) is 0 Å². The third kappa shape index (κ3) is 2.90. The average Bonchev–Trinajstić information content (AvgIpc) is 3.18. The normalized spacial score (nSPS) is 10.5. The van der Waals surface area contributed by atoms with E-state index in [1.807, 2.05) is 0 Å². The van der Waals surface area contributed by atoms with Crippen molar-refractivity contribution in [3.8, 4) is 5.69 Å². The van der Waals surface area contributed by atoms with Gasteiger partial charge in [-0.1, -0.05) is 0 Å². The van der Waals surface area contributed by atoms with Crippen LogP contribution in [0.3, 0.4) is 0 Å². The molecule has 0 saturated heterocycles. The van der Waals surface area contributed by atoms with Crippen molar-refractivity contribution in [3.05, 3.63) is 58.9 Å². The zero-order valence-corrected chi connectivity index (χ0v) is 11.9. The maximum Gasteiger partial charge on any atom is 0.295 e. The first-order valence-corrected chi connectivity index (χ1v) is 6.48. The summed E-state index contributed by atoms with van der Waals surface area (Å²) in [6.07, 6.45) is 5.72. The van der Waals surface area contributed by atoms with Crippen LogP contribution in [0.25, 0.3) is 5.69 Å². The lowest BCUT2D eigenvalue weighted by atomic mass is 10.1. The molecule has 0 aliphatic carbocycles. The highest BCUT2D eigenvalue weighted by Gasteiger charge is 2.19. The first kappa shape index (κ1) is 14.4. The Morgan fingerprint density at radius 2 is 2.17 bits per heavy atom. The minimum absolute atomic E-state index is 0.157. The molecule has 2 heterocycles. The van der Waals surface area contributed by atoms with Crippen molar-refractivity contribution in [2.45, 2.75) is 0 Å². The second kappa shape index (κ2) is 5.67. The molecule has 0 aliphatic rings. The van der Waals surface area contributed by atoms with E-state index in [9.17, 15) is 14.9 Å². The molecule has 10 heteroatoms. The lowest BCUT2D eigenvalue weighted by Gasteiger charge is -2.06. The predicted molar refractivity (Wildman–Crippen MR) is 79.2 cm³/mol. The smallest absolute Gasteiger partial charge is 0.295 e. The number of amides is 1. The molecule has 3 aromatic rings. The number of nitro groups is 1. The Labute approximate surface area is 129 Å². The second-order valence-electron chi connectivity index (χ2n) is 4.66. The fraction of sp³-hybridized carbons (Fsp3) is 0.0769. The molecule has 1 N–H and O–H groups in total. The quantitative estimate of drug-likeness (QED) is 0.570. The Morgan fingerprint density at radius 3 is 2.78 bits per heavy atom. The van der Waals surface area contributed by atoms with Crippen molar-refractivity contribution in [2.75, 3.05) is 5.32 Å². The SMILES string of the molecule is Cn1cc(NC(=O)c2ccc(-n3cncn3)c([N+](=O)[O-])c2)cn1. The van der Waals surface area contributed by atoms with Crippen LogP contribution in [-0.2, 0) is 7.05 Å². The first-order chi connectivity index (χ1) is 11.0. The lowest BCUT2D eigenvalue weighted by Crippen LogP contribution is -2.12. The van der Waals surface area contributed by atoms with Gasteiger partial charge in [0.2, 0.25) is 0 Å². The van der Waals surface area contributed by atoms with Gasteiger partial charge in [0.25, 0.3) is 11.6 Å². The van der Waals surface area contributed by atoms with Crippen LogP contribution in [0.2, 0.25) is 0 Å². The van der Waals surface area contributed by atoms with E-state index >= 15 is 0 Å². The number of nitro benzene ring substituents is 1. The van der Waals surface area contributed by atoms with E-state index in [2.05, 4.69) is 20.5 Å². The number of rotatable bonds is 4. The standard InChI is InChI=1S/C13H11N7O3/c1-18-6-10(5-15-18)17-13(21)9-2-3-11(12(4-9)20(22)23)19-8-14-7-16-19/h2-8H,1H3,(H,17,21). The Hall–Kier alpha value is -3.56. The number of aryl methyl sites for hydroxylation is 1. The molecule has 10 nitrogen and oxygen atoms in total. The van der Waals surface area contributed by atoms with Gasteiger partial charge in [0.15, 0.2) is 0 Å². The maximum atomic E-state index is 12.2. The van der Waals surface area contributed by atoms with Gasteiger partial charge < -0.3 is 5.32 Å². The summed E-state index contributed by atoms with van der Waals surface area (Å²) in [5, 5.41) is 21.7. The Balaban J connectivity index is 1.93. The Kier molecular flexibility index (Phi) is 3.55. The molecule has 23 heavy (non-hydrogen) atoms. The molecule has 1 amide bonds. The number of benzene rings is 1. The van der Waals surface area contributed by atoms with E-state index in [1.165, 1.54) is 46.4 Å². The van der Waals surface area contributed by atoms with Gasteiger partial charge in [-0.25, -0.2) is 9.67 Å². The molecule has 0 bridgehead atoms. The number of carbonyl (C=O) groups excluding carboxylic acids is 1. The molecule has 0 fully saturated rings. The van der Waals surface area contributed by atoms with Gasteiger partial charge >= 0.3 is 0 Å². The van der Waals surface area contributed by atoms with Crippen molar-refractivity contribution in [2.24, 2.45) is 7.05 Å². The number of hydrogen-bond donors (Lipinski definition) is 1.